The smallest absolute Gasteiger partial charge is 0.251 e. The first-order valence-corrected chi connectivity index (χ1v) is 9.37. The third-order valence-corrected chi connectivity index (χ3v) is 5.23. The van der Waals surface area contributed by atoms with E-state index in [1.807, 2.05) is 25.1 Å². The van der Waals surface area contributed by atoms with Gasteiger partial charge in [-0.15, -0.1) is 0 Å². The van der Waals surface area contributed by atoms with Crippen LogP contribution in [-0.2, 0) is 9.59 Å². The Labute approximate surface area is 154 Å². The van der Waals surface area contributed by atoms with Crippen LogP contribution in [0, 0.1) is 12.8 Å². The molecule has 1 saturated heterocycles. The fourth-order valence-electron chi connectivity index (χ4n) is 3.47. The summed E-state index contributed by atoms with van der Waals surface area (Å²) in [7, 11) is 0. The summed E-state index contributed by atoms with van der Waals surface area (Å²) in [6, 6.07) is 7.05. The minimum atomic E-state index is -0.558. The van der Waals surface area contributed by atoms with Gasteiger partial charge < -0.3 is 15.5 Å². The van der Waals surface area contributed by atoms with Crippen molar-refractivity contribution < 1.29 is 14.4 Å². The first-order chi connectivity index (χ1) is 12.4. The molecule has 2 aliphatic rings. The lowest BCUT2D eigenvalue weighted by Gasteiger charge is -2.35. The van der Waals surface area contributed by atoms with E-state index in [2.05, 4.69) is 10.6 Å². The third-order valence-electron chi connectivity index (χ3n) is 5.23. The van der Waals surface area contributed by atoms with Crippen molar-refractivity contribution in [2.45, 2.75) is 51.6 Å². The number of benzene rings is 1. The normalized spacial score (nSPS) is 18.9. The Hall–Kier alpha value is -2.37. The zero-order valence-electron chi connectivity index (χ0n) is 15.5. The van der Waals surface area contributed by atoms with E-state index >= 15 is 0 Å². The zero-order chi connectivity index (χ0) is 18.7. The summed E-state index contributed by atoms with van der Waals surface area (Å²) in [4.78, 5) is 38.7. The lowest BCUT2D eigenvalue weighted by Crippen LogP contribution is -2.54. The van der Waals surface area contributed by atoms with Crippen molar-refractivity contribution in [1.82, 2.24) is 15.5 Å². The molecule has 3 amide bonds. The third kappa shape index (κ3) is 4.62. The number of carbonyl (C=O) groups excluding carboxylic acids is 3. The molecule has 1 atom stereocenters. The van der Waals surface area contributed by atoms with Crippen LogP contribution in [0.4, 0.5) is 0 Å². The number of nitrogens with zero attached hydrogens (tertiary/aromatic N) is 1. The van der Waals surface area contributed by atoms with Gasteiger partial charge in [-0.25, -0.2) is 0 Å². The molecule has 1 heterocycles. The predicted octanol–water partition coefficient (Wildman–Crippen LogP) is 1.63. The molecular formula is C20H27N3O3. The number of hydrogen-bond donors (Lipinski definition) is 2. The first-order valence-electron chi connectivity index (χ1n) is 9.37. The van der Waals surface area contributed by atoms with E-state index in [-0.39, 0.29) is 29.7 Å². The average Bonchev–Trinajstić information content (AvgIpc) is 3.43. The zero-order valence-corrected chi connectivity index (χ0v) is 15.5. The summed E-state index contributed by atoms with van der Waals surface area (Å²) in [5.74, 6) is -0.224. The average molecular weight is 357 g/mol. The van der Waals surface area contributed by atoms with E-state index in [0.29, 0.717) is 18.7 Å². The largest absolute Gasteiger partial charge is 0.352 e. The number of carbonyl (C=O) groups is 3. The number of likely N-dealkylation sites (tertiary alicyclic amines) is 1. The van der Waals surface area contributed by atoms with Crippen molar-refractivity contribution in [3.8, 4) is 0 Å². The molecule has 3 rings (SSSR count). The van der Waals surface area contributed by atoms with Gasteiger partial charge in [0.25, 0.3) is 5.91 Å². The molecule has 1 saturated carbocycles. The Morgan fingerprint density at radius 1 is 1.12 bits per heavy atom. The maximum atomic E-state index is 12.7. The molecule has 0 radical (unpaired) electrons. The van der Waals surface area contributed by atoms with Crippen LogP contribution in [0.25, 0.3) is 0 Å². The summed E-state index contributed by atoms with van der Waals surface area (Å²) in [5, 5.41) is 5.97. The van der Waals surface area contributed by atoms with Gasteiger partial charge in [-0.3, -0.25) is 14.4 Å². The van der Waals surface area contributed by atoms with Gasteiger partial charge in [0.05, 0.1) is 0 Å². The maximum absolute atomic E-state index is 12.7. The van der Waals surface area contributed by atoms with Gasteiger partial charge in [0.1, 0.15) is 6.04 Å². The van der Waals surface area contributed by atoms with Gasteiger partial charge in [0.2, 0.25) is 11.8 Å². The van der Waals surface area contributed by atoms with E-state index in [9.17, 15) is 14.4 Å². The van der Waals surface area contributed by atoms with Gasteiger partial charge in [-0.05, 0) is 50.7 Å². The van der Waals surface area contributed by atoms with Crippen LogP contribution in [0.1, 0.15) is 48.5 Å². The second-order valence-corrected chi connectivity index (χ2v) is 7.45. The summed E-state index contributed by atoms with van der Waals surface area (Å²) >= 11 is 0. The summed E-state index contributed by atoms with van der Waals surface area (Å²) in [6.45, 7) is 4.77. The van der Waals surface area contributed by atoms with Gasteiger partial charge in [-0.1, -0.05) is 17.7 Å². The van der Waals surface area contributed by atoms with Crippen LogP contribution >= 0.6 is 0 Å². The number of hydrogen-bond acceptors (Lipinski definition) is 3. The molecule has 1 aliphatic carbocycles. The van der Waals surface area contributed by atoms with Crippen LogP contribution in [-0.4, -0.2) is 47.8 Å². The van der Waals surface area contributed by atoms with Gasteiger partial charge in [0.15, 0.2) is 0 Å². The van der Waals surface area contributed by atoms with Crippen molar-refractivity contribution in [2.75, 3.05) is 13.1 Å². The van der Waals surface area contributed by atoms with Gasteiger partial charge >= 0.3 is 0 Å². The highest BCUT2D eigenvalue weighted by Gasteiger charge is 2.35. The molecule has 2 N–H and O–H groups in total. The highest BCUT2D eigenvalue weighted by molar-refractivity contribution is 5.97. The van der Waals surface area contributed by atoms with Crippen molar-refractivity contribution in [2.24, 2.45) is 5.92 Å². The van der Waals surface area contributed by atoms with E-state index in [1.54, 1.807) is 17.9 Å². The number of nitrogens with one attached hydrogen (secondary N) is 2. The summed E-state index contributed by atoms with van der Waals surface area (Å²) in [5.41, 5.74) is 1.57. The van der Waals surface area contributed by atoms with Crippen LogP contribution in [0.3, 0.4) is 0 Å². The summed E-state index contributed by atoms with van der Waals surface area (Å²) in [6.07, 6.45) is 3.45. The number of aryl methyl sites for hydroxylation is 1. The van der Waals surface area contributed by atoms with E-state index < -0.39 is 6.04 Å². The van der Waals surface area contributed by atoms with Crippen molar-refractivity contribution in [3.63, 3.8) is 0 Å². The van der Waals surface area contributed by atoms with Crippen LogP contribution < -0.4 is 10.6 Å². The number of amides is 3. The Balaban J connectivity index is 1.70. The fraction of sp³-hybridized carbons (Fsp3) is 0.550. The monoisotopic (exact) mass is 357 g/mol. The standard InChI is InChI=1S/C20H27N3O3/c1-13-4-3-5-16(12-13)19(25)22-18(20(26)21-17-6-7-17)15-8-10-23(11-9-15)14(2)24/h3-5,12,15,17-18H,6-11H2,1-2H3,(H,21,26)(H,22,25)/t18-/m0/s1. The lowest BCUT2D eigenvalue weighted by atomic mass is 9.88. The lowest BCUT2D eigenvalue weighted by molar-refractivity contribution is -0.130. The molecule has 26 heavy (non-hydrogen) atoms. The fourth-order valence-corrected chi connectivity index (χ4v) is 3.47. The second kappa shape index (κ2) is 7.89. The minimum absolute atomic E-state index is 0.0399. The van der Waals surface area contributed by atoms with E-state index in [0.717, 1.165) is 31.2 Å². The molecule has 0 spiro atoms. The maximum Gasteiger partial charge on any atom is 0.251 e. The Morgan fingerprint density at radius 2 is 1.81 bits per heavy atom. The summed E-state index contributed by atoms with van der Waals surface area (Å²) < 4.78 is 0. The Kier molecular flexibility index (Phi) is 5.59. The molecule has 2 fully saturated rings. The van der Waals surface area contributed by atoms with Crippen LogP contribution in [0.2, 0.25) is 0 Å². The van der Waals surface area contributed by atoms with Crippen LogP contribution in [0.5, 0.6) is 0 Å². The van der Waals surface area contributed by atoms with Crippen molar-refractivity contribution in [1.29, 1.82) is 0 Å². The molecule has 0 aromatic heterocycles. The molecule has 1 aromatic rings. The highest BCUT2D eigenvalue weighted by Crippen LogP contribution is 2.24. The molecule has 140 valence electrons. The quantitative estimate of drug-likeness (QED) is 0.841. The molecule has 1 aromatic carbocycles. The van der Waals surface area contributed by atoms with E-state index in [1.165, 1.54) is 0 Å². The SMILES string of the molecule is CC(=O)N1CCC([C@H](NC(=O)c2cccc(C)c2)C(=O)NC2CC2)CC1. The predicted molar refractivity (Wildman–Crippen MR) is 98.6 cm³/mol. The van der Waals surface area contributed by atoms with Gasteiger partial charge in [0, 0.05) is 31.6 Å². The minimum Gasteiger partial charge on any atom is -0.352 e. The molecular weight excluding hydrogens is 330 g/mol. The molecule has 0 bridgehead atoms. The molecule has 1 aliphatic heterocycles. The topological polar surface area (TPSA) is 78.5 Å². The van der Waals surface area contributed by atoms with Crippen molar-refractivity contribution >= 4 is 17.7 Å². The molecule has 6 nitrogen and oxygen atoms in total. The highest BCUT2D eigenvalue weighted by atomic mass is 16.2. The first kappa shape index (κ1) is 18.4. The van der Waals surface area contributed by atoms with E-state index in [4.69, 9.17) is 0 Å². The number of piperidine rings is 1. The van der Waals surface area contributed by atoms with Crippen molar-refractivity contribution in [3.05, 3.63) is 35.4 Å². The van der Waals surface area contributed by atoms with Gasteiger partial charge in [-0.2, -0.15) is 0 Å². The Bertz CT molecular complexity index is 691. The number of rotatable bonds is 5. The molecule has 6 heteroatoms. The van der Waals surface area contributed by atoms with Crippen LogP contribution in [0.15, 0.2) is 24.3 Å². The Morgan fingerprint density at radius 3 is 2.38 bits per heavy atom. The second-order valence-electron chi connectivity index (χ2n) is 7.45. The molecule has 0 unspecified atom stereocenters.